The second-order valence-corrected chi connectivity index (χ2v) is 7.30. The first-order valence-corrected chi connectivity index (χ1v) is 7.97. The van der Waals surface area contributed by atoms with Crippen molar-refractivity contribution < 1.29 is 18.3 Å². The van der Waals surface area contributed by atoms with E-state index in [1.54, 1.807) is 6.07 Å². The number of aliphatic hydroxyl groups is 1. The minimum absolute atomic E-state index is 0.0636. The summed E-state index contributed by atoms with van der Waals surface area (Å²) < 4.78 is 39.5. The predicted octanol–water partition coefficient (Wildman–Crippen LogP) is 6.03. The molecule has 1 aromatic carbocycles. The maximum atomic E-state index is 12.8. The average Bonchev–Trinajstić information content (AvgIpc) is 2.68. The van der Waals surface area contributed by atoms with Gasteiger partial charge in [0.25, 0.3) is 0 Å². The summed E-state index contributed by atoms with van der Waals surface area (Å²) in [5.74, 6) is 0. The maximum Gasteiger partial charge on any atom is 0.417 e. The lowest BCUT2D eigenvalue weighted by atomic mass is 10.0. The third kappa shape index (κ3) is 3.39. The third-order valence-electron chi connectivity index (χ3n) is 2.55. The Balaban J connectivity index is 2.43. The molecule has 0 spiro atoms. The summed E-state index contributed by atoms with van der Waals surface area (Å²) in [6, 6.07) is 5.22. The lowest BCUT2D eigenvalue weighted by molar-refractivity contribution is -0.138. The van der Waals surface area contributed by atoms with Crippen molar-refractivity contribution in [2.24, 2.45) is 0 Å². The fourth-order valence-electron chi connectivity index (χ4n) is 1.59. The molecule has 0 saturated carbocycles. The number of hydrogen-bond donors (Lipinski definition) is 1. The van der Waals surface area contributed by atoms with E-state index in [4.69, 9.17) is 11.6 Å². The third-order valence-corrected chi connectivity index (χ3v) is 5.76. The van der Waals surface area contributed by atoms with Gasteiger partial charge in [-0.1, -0.05) is 33.6 Å². The molecule has 20 heavy (non-hydrogen) atoms. The number of rotatable bonds is 2. The highest BCUT2D eigenvalue weighted by Crippen LogP contribution is 2.40. The van der Waals surface area contributed by atoms with E-state index in [9.17, 15) is 18.3 Å². The molecule has 0 aliphatic carbocycles. The van der Waals surface area contributed by atoms with Gasteiger partial charge in [-0.3, -0.25) is 0 Å². The first-order valence-electron chi connectivity index (χ1n) is 5.19. The van der Waals surface area contributed by atoms with Crippen molar-refractivity contribution in [2.75, 3.05) is 0 Å². The van der Waals surface area contributed by atoms with E-state index in [0.29, 0.717) is 13.7 Å². The fourth-order valence-corrected chi connectivity index (χ4v) is 3.81. The van der Waals surface area contributed by atoms with E-state index in [2.05, 4.69) is 31.9 Å². The second kappa shape index (κ2) is 5.96. The minimum atomic E-state index is -4.48. The fraction of sp³-hybridized carbons (Fsp3) is 0.167. The van der Waals surface area contributed by atoms with E-state index in [-0.39, 0.29) is 10.0 Å². The van der Waals surface area contributed by atoms with Gasteiger partial charge in [0.05, 0.1) is 5.56 Å². The smallest absolute Gasteiger partial charge is 0.383 e. The van der Waals surface area contributed by atoms with Crippen LogP contribution in [0.15, 0.2) is 33.2 Å². The van der Waals surface area contributed by atoms with Crippen LogP contribution < -0.4 is 0 Å². The minimum Gasteiger partial charge on any atom is -0.383 e. The van der Waals surface area contributed by atoms with Gasteiger partial charge in [-0.05, 0) is 39.7 Å². The number of alkyl halides is 3. The molecule has 0 aliphatic heterocycles. The van der Waals surface area contributed by atoms with E-state index >= 15 is 0 Å². The normalized spacial score (nSPS) is 13.6. The van der Waals surface area contributed by atoms with Crippen molar-refractivity contribution in [3.8, 4) is 0 Å². The van der Waals surface area contributed by atoms with E-state index < -0.39 is 17.8 Å². The molecular formula is C12H6Br2ClF3OS. The molecule has 0 aliphatic rings. The molecule has 0 saturated heterocycles. The van der Waals surface area contributed by atoms with Gasteiger partial charge >= 0.3 is 6.18 Å². The highest BCUT2D eigenvalue weighted by molar-refractivity contribution is 9.10. The molecule has 1 unspecified atom stereocenters. The van der Waals surface area contributed by atoms with Crippen LogP contribution in [0.5, 0.6) is 0 Å². The van der Waals surface area contributed by atoms with Crippen molar-refractivity contribution in [3.63, 3.8) is 0 Å². The zero-order chi connectivity index (χ0) is 15.1. The quantitative estimate of drug-likeness (QED) is 0.593. The number of benzene rings is 1. The van der Waals surface area contributed by atoms with Crippen LogP contribution in [0.2, 0.25) is 4.34 Å². The van der Waals surface area contributed by atoms with Crippen molar-refractivity contribution in [3.05, 3.63) is 53.6 Å². The highest BCUT2D eigenvalue weighted by atomic mass is 79.9. The molecule has 0 radical (unpaired) electrons. The van der Waals surface area contributed by atoms with Gasteiger partial charge < -0.3 is 5.11 Å². The predicted molar refractivity (Wildman–Crippen MR) is 80.2 cm³/mol. The van der Waals surface area contributed by atoms with Crippen LogP contribution in [-0.4, -0.2) is 5.11 Å². The molecule has 1 N–H and O–H groups in total. The van der Waals surface area contributed by atoms with Gasteiger partial charge in [0.1, 0.15) is 10.4 Å². The molecule has 8 heteroatoms. The SMILES string of the molecule is OC(c1ccc(Br)c(C(F)(F)F)c1)c1cc(Br)c(Cl)s1. The van der Waals surface area contributed by atoms with Crippen LogP contribution in [0.3, 0.4) is 0 Å². The Bertz CT molecular complexity index is 623. The average molecular weight is 451 g/mol. The van der Waals surface area contributed by atoms with Crippen molar-refractivity contribution in [1.82, 2.24) is 0 Å². The lowest BCUT2D eigenvalue weighted by Crippen LogP contribution is -2.08. The summed E-state index contributed by atoms with van der Waals surface area (Å²) in [4.78, 5) is 0.470. The number of thiophene rings is 1. The first-order chi connectivity index (χ1) is 9.20. The molecule has 1 atom stereocenters. The standard InChI is InChI=1S/C12H6Br2ClF3OS/c13-7-2-1-5(3-6(7)12(16,17)18)10(19)9-4-8(14)11(15)20-9/h1-4,10,19H. The van der Waals surface area contributed by atoms with E-state index in [0.717, 1.165) is 17.4 Å². The molecule has 1 nitrogen and oxygen atoms in total. The Kier molecular flexibility index (Phi) is 4.86. The molecule has 0 amide bonds. The summed E-state index contributed by atoms with van der Waals surface area (Å²) >= 11 is 13.0. The Morgan fingerprint density at radius 3 is 2.30 bits per heavy atom. The van der Waals surface area contributed by atoms with Crippen molar-refractivity contribution >= 4 is 54.8 Å². The Morgan fingerprint density at radius 2 is 1.80 bits per heavy atom. The van der Waals surface area contributed by atoms with Crippen LogP contribution in [0.1, 0.15) is 22.1 Å². The Labute approximate surface area is 138 Å². The monoisotopic (exact) mass is 448 g/mol. The van der Waals surface area contributed by atoms with Gasteiger partial charge in [-0.2, -0.15) is 13.2 Å². The molecule has 1 aromatic heterocycles. The highest BCUT2D eigenvalue weighted by Gasteiger charge is 2.33. The zero-order valence-corrected chi connectivity index (χ0v) is 14.3. The molecule has 0 fully saturated rings. The molecular weight excluding hydrogens is 444 g/mol. The van der Waals surface area contributed by atoms with Crippen LogP contribution in [0.4, 0.5) is 13.2 Å². The lowest BCUT2D eigenvalue weighted by Gasteiger charge is -2.14. The summed E-state index contributed by atoms with van der Waals surface area (Å²) in [7, 11) is 0. The van der Waals surface area contributed by atoms with Gasteiger partial charge in [-0.25, -0.2) is 0 Å². The Hall–Kier alpha value is -0.0800. The zero-order valence-electron chi connectivity index (χ0n) is 9.51. The first kappa shape index (κ1) is 16.3. The van der Waals surface area contributed by atoms with Crippen LogP contribution in [0, 0.1) is 0 Å². The van der Waals surface area contributed by atoms with Crippen LogP contribution in [-0.2, 0) is 6.18 Å². The van der Waals surface area contributed by atoms with Gasteiger partial charge in [0, 0.05) is 13.8 Å². The van der Waals surface area contributed by atoms with Crippen molar-refractivity contribution in [2.45, 2.75) is 12.3 Å². The number of hydrogen-bond acceptors (Lipinski definition) is 2. The summed E-state index contributed by atoms with van der Waals surface area (Å²) in [5, 5.41) is 10.2. The van der Waals surface area contributed by atoms with E-state index in [1.807, 2.05) is 0 Å². The largest absolute Gasteiger partial charge is 0.417 e. The van der Waals surface area contributed by atoms with E-state index in [1.165, 1.54) is 12.1 Å². The molecule has 1 heterocycles. The van der Waals surface area contributed by atoms with Gasteiger partial charge in [-0.15, -0.1) is 11.3 Å². The molecule has 2 rings (SSSR count). The van der Waals surface area contributed by atoms with Crippen LogP contribution >= 0.6 is 54.8 Å². The van der Waals surface area contributed by atoms with Gasteiger partial charge in [0.15, 0.2) is 0 Å². The van der Waals surface area contributed by atoms with Gasteiger partial charge in [0.2, 0.25) is 0 Å². The summed E-state index contributed by atoms with van der Waals surface area (Å²) in [6.07, 6.45) is -5.64. The van der Waals surface area contributed by atoms with Crippen LogP contribution in [0.25, 0.3) is 0 Å². The summed E-state index contributed by atoms with van der Waals surface area (Å²) in [5.41, 5.74) is -0.665. The Morgan fingerprint density at radius 1 is 1.15 bits per heavy atom. The van der Waals surface area contributed by atoms with Crippen molar-refractivity contribution in [1.29, 1.82) is 0 Å². The summed E-state index contributed by atoms with van der Waals surface area (Å²) in [6.45, 7) is 0. The number of aliphatic hydroxyl groups excluding tert-OH is 1. The topological polar surface area (TPSA) is 20.2 Å². The number of halogens is 6. The molecule has 0 bridgehead atoms. The maximum absolute atomic E-state index is 12.8. The molecule has 2 aromatic rings. The molecule has 108 valence electrons. The second-order valence-electron chi connectivity index (χ2n) is 3.91.